The van der Waals surface area contributed by atoms with Crippen molar-refractivity contribution in [2.24, 2.45) is 0 Å². The summed E-state index contributed by atoms with van der Waals surface area (Å²) >= 11 is 0. The Morgan fingerprint density at radius 2 is 0.786 bits per heavy atom. The Morgan fingerprint density at radius 1 is 0.500 bits per heavy atom. The molecule has 0 spiro atoms. The topological polar surface area (TPSA) is 86.3 Å². The highest BCUT2D eigenvalue weighted by atomic mass is 16.7. The summed E-state index contributed by atoms with van der Waals surface area (Å²) in [6, 6.07) is 0. The van der Waals surface area contributed by atoms with E-state index in [1.807, 2.05) is 25.7 Å². The molecule has 0 heterocycles. The Hall–Kier alpha value is -0.400. The van der Waals surface area contributed by atoms with Crippen LogP contribution in [0.2, 0.25) is 0 Å². The fraction of sp³-hybridized carbons (Fsp3) is 1.00. The van der Waals surface area contributed by atoms with Crippen molar-refractivity contribution in [3.8, 4) is 0 Å². The molecule has 0 bridgehead atoms. The third-order valence-corrected chi connectivity index (χ3v) is 3.73. The molecule has 0 aromatic heterocycles. The lowest BCUT2D eigenvalue weighted by atomic mass is 10.4. The third-order valence-electron chi connectivity index (χ3n) is 3.73. The van der Waals surface area contributed by atoms with Crippen molar-refractivity contribution in [2.45, 2.75) is 39.5 Å². The van der Waals surface area contributed by atoms with Gasteiger partial charge in [-0.3, -0.25) is 0 Å². The van der Waals surface area contributed by atoms with Gasteiger partial charge in [0.25, 0.3) is 0 Å². The summed E-state index contributed by atoms with van der Waals surface area (Å²) < 4.78 is 48.2. The molecule has 0 N–H and O–H groups in total. The van der Waals surface area contributed by atoms with Crippen LogP contribution < -0.4 is 0 Å². The molecular formula is C18H39NO9. The molecule has 0 aliphatic heterocycles. The molecule has 3 unspecified atom stereocenters. The van der Waals surface area contributed by atoms with Gasteiger partial charge in [-0.1, -0.05) is 0 Å². The number of ether oxygens (including phenoxy) is 9. The van der Waals surface area contributed by atoms with Crippen LogP contribution in [0.3, 0.4) is 0 Å². The zero-order chi connectivity index (χ0) is 21.0. The highest BCUT2D eigenvalue weighted by molar-refractivity contribution is 4.63. The van der Waals surface area contributed by atoms with Gasteiger partial charge in [0.2, 0.25) is 0 Å². The average Bonchev–Trinajstić information content (AvgIpc) is 2.67. The van der Waals surface area contributed by atoms with Gasteiger partial charge in [0.15, 0.2) is 0 Å². The average molecular weight is 414 g/mol. The standard InChI is InChI=1S/C18H39NO9/c1-16(26-13-23-10-7-20-4)19(17(2)27-14-24-11-8-21-5)18(3)28-15-25-12-9-22-6/h16-18H,7-15H2,1-6H3. The van der Waals surface area contributed by atoms with Crippen molar-refractivity contribution in [3.05, 3.63) is 0 Å². The van der Waals surface area contributed by atoms with Gasteiger partial charge in [0.1, 0.15) is 39.1 Å². The van der Waals surface area contributed by atoms with Crippen LogP contribution >= 0.6 is 0 Å². The van der Waals surface area contributed by atoms with Gasteiger partial charge in [-0.15, -0.1) is 0 Å². The normalized spacial score (nSPS) is 15.1. The van der Waals surface area contributed by atoms with E-state index < -0.39 is 0 Å². The van der Waals surface area contributed by atoms with Crippen LogP contribution in [0.1, 0.15) is 20.8 Å². The molecule has 0 aliphatic rings. The lowest BCUT2D eigenvalue weighted by molar-refractivity contribution is -0.258. The van der Waals surface area contributed by atoms with E-state index in [0.29, 0.717) is 39.6 Å². The second-order valence-corrected chi connectivity index (χ2v) is 5.80. The van der Waals surface area contributed by atoms with E-state index in [9.17, 15) is 0 Å². The Labute approximate surface area is 169 Å². The van der Waals surface area contributed by atoms with E-state index in [4.69, 9.17) is 42.6 Å². The monoisotopic (exact) mass is 413 g/mol. The van der Waals surface area contributed by atoms with Crippen molar-refractivity contribution >= 4 is 0 Å². The van der Waals surface area contributed by atoms with Crippen LogP contribution in [0.15, 0.2) is 0 Å². The minimum Gasteiger partial charge on any atom is -0.382 e. The predicted molar refractivity (Wildman–Crippen MR) is 102 cm³/mol. The van der Waals surface area contributed by atoms with Gasteiger partial charge in [-0.2, -0.15) is 0 Å². The van der Waals surface area contributed by atoms with Gasteiger partial charge >= 0.3 is 0 Å². The smallest absolute Gasteiger partial charge is 0.148 e. The number of hydrogen-bond donors (Lipinski definition) is 0. The molecule has 3 atom stereocenters. The molecule has 0 fully saturated rings. The van der Waals surface area contributed by atoms with Crippen LogP contribution in [0, 0.1) is 0 Å². The first-order chi connectivity index (χ1) is 13.6. The molecule has 0 saturated carbocycles. The Morgan fingerprint density at radius 3 is 1.04 bits per heavy atom. The van der Waals surface area contributed by atoms with E-state index in [1.54, 1.807) is 21.3 Å². The summed E-state index contributed by atoms with van der Waals surface area (Å²) in [5, 5.41) is 0. The zero-order valence-electron chi connectivity index (χ0n) is 18.2. The summed E-state index contributed by atoms with van der Waals surface area (Å²) in [6.07, 6.45) is -0.985. The molecular weight excluding hydrogens is 374 g/mol. The number of methoxy groups -OCH3 is 3. The number of rotatable bonds is 21. The van der Waals surface area contributed by atoms with E-state index in [2.05, 4.69) is 0 Å². The van der Waals surface area contributed by atoms with Gasteiger partial charge in [0, 0.05) is 21.3 Å². The van der Waals surface area contributed by atoms with Crippen molar-refractivity contribution in [2.75, 3.05) is 81.3 Å². The maximum Gasteiger partial charge on any atom is 0.148 e. The van der Waals surface area contributed by atoms with Crippen LogP contribution in [0.5, 0.6) is 0 Å². The minimum atomic E-state index is -0.328. The maximum absolute atomic E-state index is 5.75. The van der Waals surface area contributed by atoms with Crippen molar-refractivity contribution in [1.29, 1.82) is 0 Å². The van der Waals surface area contributed by atoms with E-state index >= 15 is 0 Å². The van der Waals surface area contributed by atoms with Crippen LogP contribution in [0.4, 0.5) is 0 Å². The molecule has 0 aromatic carbocycles. The molecule has 10 heteroatoms. The lowest BCUT2D eigenvalue weighted by Gasteiger charge is -2.37. The second kappa shape index (κ2) is 19.9. The first-order valence-corrected chi connectivity index (χ1v) is 9.40. The molecule has 0 amide bonds. The summed E-state index contributed by atoms with van der Waals surface area (Å²) in [5.41, 5.74) is 0. The molecule has 28 heavy (non-hydrogen) atoms. The SMILES string of the molecule is COCCOCOC(C)N(C(C)OCOCCOC)C(C)OCOCCOC. The molecule has 0 rings (SSSR count). The van der Waals surface area contributed by atoms with E-state index in [1.165, 1.54) is 0 Å². The number of hydrogen-bond acceptors (Lipinski definition) is 10. The first-order valence-electron chi connectivity index (χ1n) is 9.40. The van der Waals surface area contributed by atoms with Crippen molar-refractivity contribution in [3.63, 3.8) is 0 Å². The van der Waals surface area contributed by atoms with E-state index in [-0.39, 0.29) is 39.1 Å². The number of nitrogens with zero attached hydrogens (tertiary/aromatic N) is 1. The Balaban J connectivity index is 4.48. The highest BCUT2D eigenvalue weighted by Gasteiger charge is 2.27. The molecule has 0 aromatic rings. The zero-order valence-corrected chi connectivity index (χ0v) is 18.2. The summed E-state index contributed by atoms with van der Waals surface area (Å²) in [4.78, 5) is 1.92. The summed E-state index contributed by atoms with van der Waals surface area (Å²) in [6.45, 7) is 9.02. The second-order valence-electron chi connectivity index (χ2n) is 5.80. The van der Waals surface area contributed by atoms with Gasteiger partial charge < -0.3 is 42.6 Å². The lowest BCUT2D eigenvalue weighted by Crippen LogP contribution is -2.50. The van der Waals surface area contributed by atoms with Crippen LogP contribution in [0.25, 0.3) is 0 Å². The van der Waals surface area contributed by atoms with E-state index in [0.717, 1.165) is 0 Å². The molecule has 170 valence electrons. The Kier molecular flexibility index (Phi) is 19.6. The molecule has 10 nitrogen and oxygen atoms in total. The Bertz CT molecular complexity index is 278. The molecule has 0 saturated heterocycles. The van der Waals surface area contributed by atoms with Crippen LogP contribution in [-0.4, -0.2) is 105 Å². The third kappa shape index (κ3) is 14.6. The first kappa shape index (κ1) is 27.6. The summed E-state index contributed by atoms with van der Waals surface area (Å²) in [5.74, 6) is 0. The van der Waals surface area contributed by atoms with Crippen molar-refractivity contribution < 1.29 is 42.6 Å². The minimum absolute atomic E-state index is 0.134. The maximum atomic E-state index is 5.75. The van der Waals surface area contributed by atoms with Crippen LogP contribution in [-0.2, 0) is 42.6 Å². The summed E-state index contributed by atoms with van der Waals surface area (Å²) in [7, 11) is 4.86. The molecule has 0 aliphatic carbocycles. The van der Waals surface area contributed by atoms with Crippen molar-refractivity contribution in [1.82, 2.24) is 4.90 Å². The van der Waals surface area contributed by atoms with Gasteiger partial charge in [-0.05, 0) is 20.8 Å². The highest BCUT2D eigenvalue weighted by Crippen LogP contribution is 2.15. The fourth-order valence-electron chi connectivity index (χ4n) is 2.19. The largest absolute Gasteiger partial charge is 0.382 e. The van der Waals surface area contributed by atoms with Gasteiger partial charge in [0.05, 0.1) is 39.6 Å². The fourth-order valence-corrected chi connectivity index (χ4v) is 2.19. The quantitative estimate of drug-likeness (QED) is 0.202. The molecule has 0 radical (unpaired) electrons. The predicted octanol–water partition coefficient (Wildman–Crippen LogP) is 1.24. The van der Waals surface area contributed by atoms with Gasteiger partial charge in [-0.25, -0.2) is 4.90 Å².